The number of hydrogen-bond acceptors (Lipinski definition) is 5. The van der Waals surface area contributed by atoms with Crippen LogP contribution >= 0.6 is 11.3 Å². The van der Waals surface area contributed by atoms with Crippen molar-refractivity contribution in [3.05, 3.63) is 34.8 Å². The number of halogens is 3. The second-order valence-electron chi connectivity index (χ2n) is 7.66. The Bertz CT molecular complexity index is 841. The van der Waals surface area contributed by atoms with Gasteiger partial charge in [-0.05, 0) is 39.7 Å². The first-order valence-corrected chi connectivity index (χ1v) is 10.3. The normalized spacial score (nSPS) is 14.3. The van der Waals surface area contributed by atoms with E-state index < -0.39 is 24.5 Å². The summed E-state index contributed by atoms with van der Waals surface area (Å²) in [5, 5.41) is 12.4. The minimum absolute atomic E-state index is 0.0602. The van der Waals surface area contributed by atoms with Crippen LogP contribution < -0.4 is 0 Å². The molecule has 8 heteroatoms. The third kappa shape index (κ3) is 6.35. The van der Waals surface area contributed by atoms with Crippen molar-refractivity contribution in [2.75, 3.05) is 6.61 Å². The molecule has 0 aliphatic carbocycles. The SMILES string of the molecule is CCC/C(C)=N\c1c(C(OCC(C)(C)O)C(F)(F)F)ccc(-c2nccs2)c1C. The first-order valence-electron chi connectivity index (χ1n) is 9.42. The molecule has 0 saturated carbocycles. The zero-order valence-corrected chi connectivity index (χ0v) is 18.1. The lowest BCUT2D eigenvalue weighted by molar-refractivity contribution is -0.233. The molecule has 1 heterocycles. The molecule has 0 aliphatic heterocycles. The fourth-order valence-electron chi connectivity index (χ4n) is 2.93. The van der Waals surface area contributed by atoms with Crippen molar-refractivity contribution in [1.82, 2.24) is 4.98 Å². The molecular weight excluding hydrogens is 401 g/mol. The highest BCUT2D eigenvalue weighted by molar-refractivity contribution is 7.13. The maximum atomic E-state index is 13.9. The number of alkyl halides is 3. The summed E-state index contributed by atoms with van der Waals surface area (Å²) >= 11 is 1.42. The summed E-state index contributed by atoms with van der Waals surface area (Å²) in [5.74, 6) is 0. The van der Waals surface area contributed by atoms with Crippen molar-refractivity contribution in [3.8, 4) is 10.6 Å². The number of aliphatic imine (C=N–C) groups is 1. The molecule has 0 amide bonds. The van der Waals surface area contributed by atoms with E-state index in [4.69, 9.17) is 4.74 Å². The highest BCUT2D eigenvalue weighted by Gasteiger charge is 2.44. The Balaban J connectivity index is 2.64. The maximum absolute atomic E-state index is 13.9. The number of benzene rings is 1. The number of aliphatic hydroxyl groups is 1. The Hall–Kier alpha value is -1.77. The van der Waals surface area contributed by atoms with Crippen LogP contribution in [-0.4, -0.2) is 34.2 Å². The van der Waals surface area contributed by atoms with Crippen LogP contribution in [0.5, 0.6) is 0 Å². The summed E-state index contributed by atoms with van der Waals surface area (Å²) in [6, 6.07) is 3.04. The highest BCUT2D eigenvalue weighted by atomic mass is 32.1. The van der Waals surface area contributed by atoms with Crippen LogP contribution in [0, 0.1) is 6.92 Å². The van der Waals surface area contributed by atoms with Gasteiger partial charge >= 0.3 is 6.18 Å². The quantitative estimate of drug-likeness (QED) is 0.495. The van der Waals surface area contributed by atoms with Crippen molar-refractivity contribution in [3.63, 3.8) is 0 Å². The molecule has 160 valence electrons. The molecule has 0 radical (unpaired) electrons. The number of ether oxygens (including phenoxy) is 1. The summed E-state index contributed by atoms with van der Waals surface area (Å²) in [6.45, 7) is 7.90. The average Bonchev–Trinajstić information content (AvgIpc) is 3.10. The molecule has 1 N–H and O–H groups in total. The van der Waals surface area contributed by atoms with E-state index in [0.717, 1.165) is 22.7 Å². The van der Waals surface area contributed by atoms with Gasteiger partial charge in [0.25, 0.3) is 0 Å². The van der Waals surface area contributed by atoms with Crippen LogP contribution in [0.3, 0.4) is 0 Å². The van der Waals surface area contributed by atoms with Gasteiger partial charge in [0.05, 0.1) is 17.9 Å². The lowest BCUT2D eigenvalue weighted by Crippen LogP contribution is -2.32. The fourth-order valence-corrected chi connectivity index (χ4v) is 3.65. The molecule has 0 fully saturated rings. The minimum Gasteiger partial charge on any atom is -0.388 e. The fraction of sp³-hybridized carbons (Fsp3) is 0.524. The minimum atomic E-state index is -4.65. The van der Waals surface area contributed by atoms with E-state index in [1.165, 1.54) is 31.3 Å². The number of thiazole rings is 1. The molecule has 0 aliphatic rings. The predicted octanol–water partition coefficient (Wildman–Crippen LogP) is 6.40. The number of aromatic nitrogens is 1. The summed E-state index contributed by atoms with van der Waals surface area (Å²) < 4.78 is 46.8. The van der Waals surface area contributed by atoms with Gasteiger partial charge in [0.2, 0.25) is 0 Å². The van der Waals surface area contributed by atoms with Crippen LogP contribution in [0.2, 0.25) is 0 Å². The van der Waals surface area contributed by atoms with Gasteiger partial charge in [-0.2, -0.15) is 13.2 Å². The number of rotatable bonds is 8. The summed E-state index contributed by atoms with van der Waals surface area (Å²) in [5.41, 5.74) is 0.915. The number of hydrogen-bond donors (Lipinski definition) is 1. The topological polar surface area (TPSA) is 54.7 Å². The molecule has 1 unspecified atom stereocenters. The summed E-state index contributed by atoms with van der Waals surface area (Å²) in [6.07, 6.45) is -3.66. The molecule has 1 atom stereocenters. The Morgan fingerprint density at radius 3 is 2.52 bits per heavy atom. The Kier molecular flexibility index (Phi) is 7.59. The summed E-state index contributed by atoms with van der Waals surface area (Å²) in [4.78, 5) is 8.83. The standard InChI is InChI=1S/C21H27F3N2O2S/c1-6-7-13(2)26-17-14(3)15(19-25-10-11-29-19)8-9-16(17)18(21(22,23)24)28-12-20(4,5)27/h8-11,18,27H,6-7,12H2,1-5H3/b26-13-. The van der Waals surface area contributed by atoms with Gasteiger partial charge < -0.3 is 9.84 Å². The first-order chi connectivity index (χ1) is 13.4. The van der Waals surface area contributed by atoms with E-state index in [2.05, 4.69) is 9.98 Å². The van der Waals surface area contributed by atoms with E-state index in [-0.39, 0.29) is 11.3 Å². The number of nitrogens with zero attached hydrogens (tertiary/aromatic N) is 2. The largest absolute Gasteiger partial charge is 0.418 e. The van der Waals surface area contributed by atoms with Crippen molar-refractivity contribution in [2.24, 2.45) is 4.99 Å². The molecule has 0 saturated heterocycles. The van der Waals surface area contributed by atoms with Crippen LogP contribution in [0.4, 0.5) is 18.9 Å². The zero-order valence-electron chi connectivity index (χ0n) is 17.3. The van der Waals surface area contributed by atoms with Gasteiger partial charge in [-0.3, -0.25) is 4.99 Å². The average molecular weight is 429 g/mol. The van der Waals surface area contributed by atoms with Crippen molar-refractivity contribution < 1.29 is 23.0 Å². The Labute approximate surface area is 173 Å². The van der Waals surface area contributed by atoms with E-state index in [0.29, 0.717) is 12.0 Å². The highest BCUT2D eigenvalue weighted by Crippen LogP contribution is 2.44. The molecule has 2 rings (SSSR count). The van der Waals surface area contributed by atoms with Gasteiger partial charge in [0, 0.05) is 28.4 Å². The monoisotopic (exact) mass is 428 g/mol. The lowest BCUT2D eigenvalue weighted by Gasteiger charge is -2.27. The summed E-state index contributed by atoms with van der Waals surface area (Å²) in [7, 11) is 0. The van der Waals surface area contributed by atoms with Gasteiger partial charge in [-0.25, -0.2) is 4.98 Å². The van der Waals surface area contributed by atoms with E-state index in [1.807, 2.05) is 19.2 Å². The molecule has 4 nitrogen and oxygen atoms in total. The van der Waals surface area contributed by atoms with Crippen molar-refractivity contribution in [2.45, 2.75) is 65.3 Å². The third-order valence-corrected chi connectivity index (χ3v) is 5.03. The predicted molar refractivity (Wildman–Crippen MR) is 111 cm³/mol. The van der Waals surface area contributed by atoms with Crippen LogP contribution in [0.15, 0.2) is 28.7 Å². The maximum Gasteiger partial charge on any atom is 0.418 e. The van der Waals surface area contributed by atoms with Crippen LogP contribution in [-0.2, 0) is 4.74 Å². The third-order valence-electron chi connectivity index (χ3n) is 4.22. The second kappa shape index (κ2) is 9.36. The Morgan fingerprint density at radius 2 is 2.00 bits per heavy atom. The van der Waals surface area contributed by atoms with Gasteiger partial charge in [-0.15, -0.1) is 11.3 Å². The Morgan fingerprint density at radius 1 is 1.31 bits per heavy atom. The molecule has 0 spiro atoms. The van der Waals surface area contributed by atoms with Gasteiger partial charge in [-0.1, -0.05) is 25.5 Å². The molecule has 1 aromatic carbocycles. The van der Waals surface area contributed by atoms with Crippen molar-refractivity contribution in [1.29, 1.82) is 0 Å². The second-order valence-corrected chi connectivity index (χ2v) is 8.55. The first kappa shape index (κ1) is 23.5. The smallest absolute Gasteiger partial charge is 0.388 e. The van der Waals surface area contributed by atoms with Crippen LogP contribution in [0.1, 0.15) is 57.8 Å². The van der Waals surface area contributed by atoms with Gasteiger partial charge in [0.1, 0.15) is 5.01 Å². The van der Waals surface area contributed by atoms with Crippen LogP contribution in [0.25, 0.3) is 10.6 Å². The zero-order chi connectivity index (χ0) is 21.8. The molecule has 1 aromatic heterocycles. The van der Waals surface area contributed by atoms with Crippen molar-refractivity contribution >= 4 is 22.7 Å². The lowest BCUT2D eigenvalue weighted by atomic mass is 9.97. The van der Waals surface area contributed by atoms with Gasteiger partial charge in [0.15, 0.2) is 6.10 Å². The molecule has 2 aromatic rings. The van der Waals surface area contributed by atoms with E-state index >= 15 is 0 Å². The van der Waals surface area contributed by atoms with E-state index in [9.17, 15) is 18.3 Å². The van der Waals surface area contributed by atoms with E-state index in [1.54, 1.807) is 19.2 Å². The molecule has 0 bridgehead atoms. The molecular formula is C21H27F3N2O2S. The molecule has 29 heavy (non-hydrogen) atoms.